The van der Waals surface area contributed by atoms with Gasteiger partial charge >= 0.3 is 6.03 Å². The average Bonchev–Trinajstić information content (AvgIpc) is 2.60. The number of carbonyl (C=O) groups excluding carboxylic acids is 1. The van der Waals surface area contributed by atoms with Crippen LogP contribution in [0.2, 0.25) is 0 Å². The minimum absolute atomic E-state index is 0.257. The van der Waals surface area contributed by atoms with Crippen LogP contribution in [0, 0.1) is 0 Å². The van der Waals surface area contributed by atoms with Crippen LogP contribution in [0.25, 0.3) is 0 Å². The van der Waals surface area contributed by atoms with Crippen LogP contribution in [0.3, 0.4) is 0 Å². The Morgan fingerprint density at radius 1 is 1.12 bits per heavy atom. The van der Waals surface area contributed by atoms with Crippen molar-refractivity contribution in [2.75, 3.05) is 25.6 Å². The lowest BCUT2D eigenvalue weighted by atomic mass is 10.2. The van der Waals surface area contributed by atoms with E-state index in [1.165, 1.54) is 0 Å². The molecule has 0 radical (unpaired) electrons. The van der Waals surface area contributed by atoms with Gasteiger partial charge in [-0.3, -0.25) is 4.21 Å². The standard InChI is InChI=1S/C18H22N2O3S/c1-23-12-6-11-19-18(21)20-16-8-5-7-15(13-16)14-24(22)17-9-3-2-4-10-17/h2-5,7-10,13H,6,11-12,14H2,1H3,(H2,19,20,21). The third kappa shape index (κ3) is 6.14. The molecule has 0 aliphatic carbocycles. The second kappa shape index (κ2) is 9.85. The topological polar surface area (TPSA) is 67.4 Å². The highest BCUT2D eigenvalue weighted by atomic mass is 32.2. The molecule has 0 saturated carbocycles. The highest BCUT2D eigenvalue weighted by Gasteiger charge is 2.06. The molecule has 2 N–H and O–H groups in total. The van der Waals surface area contributed by atoms with Gasteiger partial charge in [0.15, 0.2) is 0 Å². The lowest BCUT2D eigenvalue weighted by molar-refractivity contribution is 0.194. The van der Waals surface area contributed by atoms with Crippen molar-refractivity contribution in [3.05, 3.63) is 60.2 Å². The van der Waals surface area contributed by atoms with Crippen LogP contribution >= 0.6 is 0 Å². The van der Waals surface area contributed by atoms with E-state index in [2.05, 4.69) is 10.6 Å². The molecule has 6 heteroatoms. The first-order valence-electron chi connectivity index (χ1n) is 7.75. The fraction of sp³-hybridized carbons (Fsp3) is 0.278. The van der Waals surface area contributed by atoms with E-state index in [1.54, 1.807) is 7.11 Å². The Kier molecular flexibility index (Phi) is 7.45. The zero-order valence-corrected chi connectivity index (χ0v) is 14.5. The maximum atomic E-state index is 12.4. The van der Waals surface area contributed by atoms with Gasteiger partial charge in [-0.1, -0.05) is 30.3 Å². The Balaban J connectivity index is 1.89. The summed E-state index contributed by atoms with van der Waals surface area (Å²) in [5, 5.41) is 5.54. The summed E-state index contributed by atoms with van der Waals surface area (Å²) >= 11 is 0. The Morgan fingerprint density at radius 2 is 1.92 bits per heavy atom. The molecule has 2 aromatic carbocycles. The number of nitrogens with one attached hydrogen (secondary N) is 2. The van der Waals surface area contributed by atoms with Crippen LogP contribution in [0.4, 0.5) is 10.5 Å². The minimum atomic E-state index is -1.10. The number of rotatable bonds is 8. The largest absolute Gasteiger partial charge is 0.385 e. The van der Waals surface area contributed by atoms with Gasteiger partial charge in [-0.25, -0.2) is 4.79 Å². The monoisotopic (exact) mass is 346 g/mol. The normalized spacial score (nSPS) is 11.7. The molecule has 0 aliphatic heterocycles. The smallest absolute Gasteiger partial charge is 0.319 e. The fourth-order valence-corrected chi connectivity index (χ4v) is 3.25. The summed E-state index contributed by atoms with van der Waals surface area (Å²) < 4.78 is 17.3. The number of amides is 2. The quantitative estimate of drug-likeness (QED) is 0.722. The van der Waals surface area contributed by atoms with Crippen molar-refractivity contribution < 1.29 is 13.7 Å². The first-order valence-corrected chi connectivity index (χ1v) is 9.07. The van der Waals surface area contributed by atoms with Crippen LogP contribution in [0.1, 0.15) is 12.0 Å². The molecular formula is C18H22N2O3S. The van der Waals surface area contributed by atoms with Gasteiger partial charge in [0, 0.05) is 30.8 Å². The molecule has 128 valence electrons. The maximum Gasteiger partial charge on any atom is 0.319 e. The lowest BCUT2D eigenvalue weighted by Crippen LogP contribution is -2.30. The van der Waals surface area contributed by atoms with Crippen LogP contribution < -0.4 is 10.6 Å². The SMILES string of the molecule is COCCCNC(=O)Nc1cccc(CS(=O)c2ccccc2)c1. The van der Waals surface area contributed by atoms with E-state index in [0.717, 1.165) is 16.9 Å². The van der Waals surface area contributed by atoms with Gasteiger partial charge in [-0.15, -0.1) is 0 Å². The van der Waals surface area contributed by atoms with E-state index in [4.69, 9.17) is 4.74 Å². The van der Waals surface area contributed by atoms with Crippen LogP contribution in [-0.4, -0.2) is 30.5 Å². The van der Waals surface area contributed by atoms with Gasteiger partial charge in [-0.05, 0) is 36.2 Å². The predicted octanol–water partition coefficient (Wildman–Crippen LogP) is 3.15. The average molecular weight is 346 g/mol. The van der Waals surface area contributed by atoms with E-state index in [9.17, 15) is 9.00 Å². The number of ether oxygens (including phenoxy) is 1. The van der Waals surface area contributed by atoms with Crippen molar-refractivity contribution in [2.24, 2.45) is 0 Å². The summed E-state index contributed by atoms with van der Waals surface area (Å²) in [5.41, 5.74) is 1.59. The number of hydrogen-bond acceptors (Lipinski definition) is 3. The zero-order chi connectivity index (χ0) is 17.2. The van der Waals surface area contributed by atoms with E-state index in [1.807, 2.05) is 54.6 Å². The molecule has 0 spiro atoms. The summed E-state index contributed by atoms with van der Waals surface area (Å²) in [4.78, 5) is 12.6. The van der Waals surface area contributed by atoms with Gasteiger partial charge in [-0.2, -0.15) is 0 Å². The summed E-state index contributed by atoms with van der Waals surface area (Å²) in [6.07, 6.45) is 0.764. The molecule has 0 fully saturated rings. The van der Waals surface area contributed by atoms with Crippen molar-refractivity contribution in [3.8, 4) is 0 Å². The molecule has 1 atom stereocenters. The van der Waals surface area contributed by atoms with Crippen LogP contribution in [0.15, 0.2) is 59.5 Å². The zero-order valence-electron chi connectivity index (χ0n) is 13.7. The molecule has 2 amide bonds. The van der Waals surface area contributed by atoms with Crippen molar-refractivity contribution in [3.63, 3.8) is 0 Å². The second-order valence-corrected chi connectivity index (χ2v) is 6.68. The third-order valence-corrected chi connectivity index (χ3v) is 4.69. The number of carbonyl (C=O) groups is 1. The highest BCUT2D eigenvalue weighted by Crippen LogP contribution is 2.16. The molecule has 0 aromatic heterocycles. The predicted molar refractivity (Wildman–Crippen MR) is 96.5 cm³/mol. The molecule has 0 bridgehead atoms. The minimum Gasteiger partial charge on any atom is -0.385 e. The molecule has 5 nitrogen and oxygen atoms in total. The van der Waals surface area contributed by atoms with E-state index in [0.29, 0.717) is 24.6 Å². The molecule has 2 rings (SSSR count). The van der Waals surface area contributed by atoms with E-state index >= 15 is 0 Å². The Labute approximate surface area is 144 Å². The Bertz CT molecular complexity index is 677. The molecular weight excluding hydrogens is 324 g/mol. The number of hydrogen-bond donors (Lipinski definition) is 2. The summed E-state index contributed by atoms with van der Waals surface area (Å²) in [6.45, 7) is 1.17. The van der Waals surface area contributed by atoms with Gasteiger partial charge in [0.2, 0.25) is 0 Å². The molecule has 0 heterocycles. The number of anilines is 1. The summed E-state index contributed by atoms with van der Waals surface area (Å²) in [6, 6.07) is 16.5. The van der Waals surface area contributed by atoms with Crippen molar-refractivity contribution in [2.45, 2.75) is 17.1 Å². The van der Waals surface area contributed by atoms with Crippen molar-refractivity contribution in [1.29, 1.82) is 0 Å². The summed E-state index contributed by atoms with van der Waals surface area (Å²) in [7, 11) is 0.525. The molecule has 0 aliphatic rings. The number of urea groups is 1. The lowest BCUT2D eigenvalue weighted by Gasteiger charge is -2.09. The first kappa shape index (κ1) is 18.2. The fourth-order valence-electron chi connectivity index (χ4n) is 2.14. The van der Waals surface area contributed by atoms with Crippen molar-refractivity contribution in [1.82, 2.24) is 5.32 Å². The highest BCUT2D eigenvalue weighted by molar-refractivity contribution is 7.84. The van der Waals surface area contributed by atoms with Gasteiger partial charge in [0.25, 0.3) is 0 Å². The van der Waals surface area contributed by atoms with Gasteiger partial charge < -0.3 is 15.4 Å². The van der Waals surface area contributed by atoms with Crippen LogP contribution in [-0.2, 0) is 21.3 Å². The van der Waals surface area contributed by atoms with Crippen molar-refractivity contribution >= 4 is 22.5 Å². The molecule has 1 unspecified atom stereocenters. The van der Waals surface area contributed by atoms with E-state index in [-0.39, 0.29) is 6.03 Å². The second-order valence-electron chi connectivity index (χ2n) is 5.23. The first-order chi connectivity index (χ1) is 11.7. The third-order valence-electron chi connectivity index (χ3n) is 3.30. The molecule has 24 heavy (non-hydrogen) atoms. The van der Waals surface area contributed by atoms with Gasteiger partial charge in [0.1, 0.15) is 0 Å². The molecule has 0 saturated heterocycles. The van der Waals surface area contributed by atoms with Gasteiger partial charge in [0.05, 0.1) is 16.6 Å². The summed E-state index contributed by atoms with van der Waals surface area (Å²) in [5.74, 6) is 0.412. The molecule has 2 aromatic rings. The van der Waals surface area contributed by atoms with E-state index < -0.39 is 10.8 Å². The Morgan fingerprint density at radius 3 is 2.67 bits per heavy atom. The Hall–Kier alpha value is -2.18. The number of benzene rings is 2. The number of methoxy groups -OCH3 is 1. The van der Waals surface area contributed by atoms with Crippen LogP contribution in [0.5, 0.6) is 0 Å². The maximum absolute atomic E-state index is 12.4.